The molecule has 3 N–H and O–H groups in total. The molecule has 6 nitrogen and oxygen atoms in total. The number of nitrogens with one attached hydrogen (secondary N) is 1. The molecular formula is C15H23N3O3S. The summed E-state index contributed by atoms with van der Waals surface area (Å²) in [5.74, 6) is -0.378. The van der Waals surface area contributed by atoms with Crippen molar-refractivity contribution in [1.29, 1.82) is 0 Å². The molecule has 22 heavy (non-hydrogen) atoms. The lowest BCUT2D eigenvalue weighted by atomic mass is 10.1. The first-order valence-electron chi connectivity index (χ1n) is 7.39. The molecule has 1 aromatic rings. The first-order chi connectivity index (χ1) is 10.2. The summed E-state index contributed by atoms with van der Waals surface area (Å²) in [5.41, 5.74) is 6.19. The van der Waals surface area contributed by atoms with E-state index in [0.717, 1.165) is 13.1 Å². The van der Waals surface area contributed by atoms with Crippen molar-refractivity contribution in [3.8, 4) is 0 Å². The molecule has 0 spiro atoms. The van der Waals surface area contributed by atoms with E-state index in [1.165, 1.54) is 12.1 Å². The number of primary amides is 1. The molecule has 1 saturated heterocycles. The average Bonchev–Trinajstić information content (AvgIpc) is 2.78. The summed E-state index contributed by atoms with van der Waals surface area (Å²) in [6.45, 7) is 8.30. The van der Waals surface area contributed by atoms with E-state index in [9.17, 15) is 13.2 Å². The van der Waals surface area contributed by atoms with Crippen molar-refractivity contribution in [3.63, 3.8) is 0 Å². The zero-order valence-corrected chi connectivity index (χ0v) is 14.0. The van der Waals surface area contributed by atoms with Gasteiger partial charge in [-0.15, -0.1) is 0 Å². The fraction of sp³-hybridized carbons (Fsp3) is 0.533. The number of likely N-dealkylation sites (tertiary alicyclic amines) is 1. The van der Waals surface area contributed by atoms with Crippen LogP contribution in [0.3, 0.4) is 0 Å². The number of nitrogens with two attached hydrogens (primary N) is 1. The van der Waals surface area contributed by atoms with Crippen LogP contribution in [0.5, 0.6) is 0 Å². The number of nitrogens with zero attached hydrogens (tertiary/aromatic N) is 1. The first kappa shape index (κ1) is 16.9. The highest BCUT2D eigenvalue weighted by Crippen LogP contribution is 2.20. The minimum absolute atomic E-state index is 0.0778. The Kier molecular flexibility index (Phi) is 4.89. The average molecular weight is 325 g/mol. The minimum Gasteiger partial charge on any atom is -0.366 e. The Labute approximate surface area is 131 Å². The van der Waals surface area contributed by atoms with Crippen LogP contribution < -0.4 is 10.5 Å². The summed E-state index contributed by atoms with van der Waals surface area (Å²) in [7, 11) is -3.67. The van der Waals surface area contributed by atoms with Crippen LogP contribution in [-0.2, 0) is 10.0 Å². The molecule has 0 radical (unpaired) electrons. The molecule has 122 valence electrons. The van der Waals surface area contributed by atoms with E-state index in [0.29, 0.717) is 12.1 Å². The minimum atomic E-state index is -3.67. The molecule has 1 aromatic carbocycles. The van der Waals surface area contributed by atoms with E-state index < -0.39 is 15.9 Å². The molecule has 0 aromatic heterocycles. The van der Waals surface area contributed by atoms with Gasteiger partial charge in [-0.3, -0.25) is 4.79 Å². The van der Waals surface area contributed by atoms with Gasteiger partial charge in [0, 0.05) is 24.7 Å². The van der Waals surface area contributed by atoms with Gasteiger partial charge in [0.15, 0.2) is 0 Å². The lowest BCUT2D eigenvalue weighted by Crippen LogP contribution is -2.39. The Bertz CT molecular complexity index is 673. The maximum absolute atomic E-state index is 12.5. The molecule has 2 rings (SSSR count). The summed E-state index contributed by atoms with van der Waals surface area (Å²) < 4.78 is 27.8. The van der Waals surface area contributed by atoms with Crippen molar-refractivity contribution in [2.24, 2.45) is 11.7 Å². The summed E-state index contributed by atoms with van der Waals surface area (Å²) in [6, 6.07) is 4.33. The maximum atomic E-state index is 12.5. The number of rotatable bonds is 5. The van der Waals surface area contributed by atoms with Gasteiger partial charge in [0.2, 0.25) is 15.9 Å². The summed E-state index contributed by atoms with van der Waals surface area (Å²) in [4.78, 5) is 13.7. The third-order valence-electron chi connectivity index (χ3n) is 4.23. The molecule has 2 atom stereocenters. The second-order valence-corrected chi connectivity index (χ2v) is 7.61. The number of hydrogen-bond acceptors (Lipinski definition) is 4. The summed E-state index contributed by atoms with van der Waals surface area (Å²) in [5, 5.41) is 0. The highest BCUT2D eigenvalue weighted by Gasteiger charge is 2.32. The van der Waals surface area contributed by atoms with Gasteiger partial charge in [-0.05, 0) is 37.1 Å². The van der Waals surface area contributed by atoms with Crippen molar-refractivity contribution >= 4 is 15.9 Å². The van der Waals surface area contributed by atoms with E-state index in [4.69, 9.17) is 5.73 Å². The van der Waals surface area contributed by atoms with Crippen molar-refractivity contribution in [1.82, 2.24) is 9.62 Å². The van der Waals surface area contributed by atoms with E-state index in [1.54, 1.807) is 13.0 Å². The fourth-order valence-corrected chi connectivity index (χ4v) is 4.14. The molecular weight excluding hydrogens is 302 g/mol. The topological polar surface area (TPSA) is 92.5 Å². The zero-order valence-electron chi connectivity index (χ0n) is 13.2. The highest BCUT2D eigenvalue weighted by atomic mass is 32.2. The molecule has 1 aliphatic rings. The number of amides is 1. The van der Waals surface area contributed by atoms with Crippen LogP contribution in [0.15, 0.2) is 23.1 Å². The van der Waals surface area contributed by atoms with Crippen LogP contribution in [0.25, 0.3) is 0 Å². The van der Waals surface area contributed by atoms with Gasteiger partial charge in [-0.25, -0.2) is 13.1 Å². The third kappa shape index (κ3) is 3.48. The largest absolute Gasteiger partial charge is 0.366 e. The monoisotopic (exact) mass is 325 g/mol. The van der Waals surface area contributed by atoms with Crippen LogP contribution >= 0.6 is 0 Å². The lowest BCUT2D eigenvalue weighted by molar-refractivity contribution is 0.0999. The predicted octanol–water partition coefficient (Wildman–Crippen LogP) is 0.712. The summed E-state index contributed by atoms with van der Waals surface area (Å²) >= 11 is 0. The highest BCUT2D eigenvalue weighted by molar-refractivity contribution is 7.89. The van der Waals surface area contributed by atoms with Gasteiger partial charge >= 0.3 is 0 Å². The second kappa shape index (κ2) is 6.36. The van der Waals surface area contributed by atoms with Crippen molar-refractivity contribution in [2.45, 2.75) is 31.7 Å². The molecule has 0 unspecified atom stereocenters. The van der Waals surface area contributed by atoms with Crippen molar-refractivity contribution < 1.29 is 13.2 Å². The molecule has 1 aliphatic heterocycles. The van der Waals surface area contributed by atoms with E-state index >= 15 is 0 Å². The predicted molar refractivity (Wildman–Crippen MR) is 85.1 cm³/mol. The quantitative estimate of drug-likeness (QED) is 0.834. The zero-order chi connectivity index (χ0) is 16.5. The molecule has 0 saturated carbocycles. The van der Waals surface area contributed by atoms with Gasteiger partial charge in [-0.1, -0.05) is 19.9 Å². The Hall–Kier alpha value is -1.44. The third-order valence-corrected chi connectivity index (χ3v) is 5.71. The second-order valence-electron chi connectivity index (χ2n) is 5.90. The number of benzene rings is 1. The Morgan fingerprint density at radius 1 is 1.41 bits per heavy atom. The van der Waals surface area contributed by atoms with Crippen LogP contribution in [0, 0.1) is 12.8 Å². The Morgan fingerprint density at radius 3 is 2.64 bits per heavy atom. The van der Waals surface area contributed by atoms with E-state index in [1.807, 2.05) is 6.92 Å². The smallest absolute Gasteiger partial charge is 0.249 e. The van der Waals surface area contributed by atoms with Crippen LogP contribution in [0.2, 0.25) is 0 Å². The van der Waals surface area contributed by atoms with Gasteiger partial charge in [0.25, 0.3) is 0 Å². The Balaban J connectivity index is 2.24. The number of aryl methyl sites for hydroxylation is 1. The maximum Gasteiger partial charge on any atom is 0.249 e. The van der Waals surface area contributed by atoms with Gasteiger partial charge in [-0.2, -0.15) is 0 Å². The number of sulfonamides is 1. The number of hydrogen-bond donors (Lipinski definition) is 2. The molecule has 0 bridgehead atoms. The summed E-state index contributed by atoms with van der Waals surface area (Å²) in [6.07, 6.45) is 0. The number of carbonyl (C=O) groups is 1. The van der Waals surface area contributed by atoms with Crippen LogP contribution in [0.1, 0.15) is 29.8 Å². The van der Waals surface area contributed by atoms with Gasteiger partial charge in [0.1, 0.15) is 0 Å². The van der Waals surface area contributed by atoms with Crippen LogP contribution in [-0.4, -0.2) is 44.9 Å². The van der Waals surface area contributed by atoms with Gasteiger partial charge in [0.05, 0.1) is 4.90 Å². The molecule has 1 amide bonds. The fourth-order valence-electron chi connectivity index (χ4n) is 2.78. The van der Waals surface area contributed by atoms with E-state index in [2.05, 4.69) is 16.5 Å². The number of carbonyl (C=O) groups excluding carboxylic acids is 1. The SMILES string of the molecule is CCN1C[C@@H](C)[C@H](NS(=O)(=O)c2ccc(C)c(C(N)=O)c2)C1. The molecule has 0 aliphatic carbocycles. The standard InChI is InChI=1S/C15H23N3O3S/c1-4-18-8-11(3)14(9-18)17-22(20,21)12-6-5-10(2)13(7-12)15(16)19/h5-7,11,14,17H,4,8-9H2,1-3H3,(H2,16,19)/t11-,14-/m1/s1. The number of likely N-dealkylation sites (N-methyl/N-ethyl adjacent to an activating group) is 1. The van der Waals surface area contributed by atoms with Gasteiger partial charge < -0.3 is 10.6 Å². The van der Waals surface area contributed by atoms with Crippen molar-refractivity contribution in [2.75, 3.05) is 19.6 Å². The van der Waals surface area contributed by atoms with Crippen LogP contribution in [0.4, 0.5) is 0 Å². The lowest BCUT2D eigenvalue weighted by Gasteiger charge is -2.17. The first-order valence-corrected chi connectivity index (χ1v) is 8.88. The normalized spacial score (nSPS) is 22.9. The van der Waals surface area contributed by atoms with E-state index in [-0.39, 0.29) is 22.4 Å². The molecule has 1 heterocycles. The Morgan fingerprint density at radius 2 is 2.09 bits per heavy atom. The van der Waals surface area contributed by atoms with Crippen molar-refractivity contribution in [3.05, 3.63) is 29.3 Å². The molecule has 1 fully saturated rings. The molecule has 7 heteroatoms.